The second-order valence-corrected chi connectivity index (χ2v) is 5.38. The molecule has 2 rings (SSSR count). The molecule has 7 heteroatoms. The van der Waals surface area contributed by atoms with Crippen LogP contribution in [0, 0.1) is 19.7 Å². The molecule has 0 radical (unpaired) electrons. The Bertz CT molecular complexity index is 797. The van der Waals surface area contributed by atoms with E-state index in [0.29, 0.717) is 28.1 Å². The van der Waals surface area contributed by atoms with Crippen molar-refractivity contribution in [2.24, 2.45) is 0 Å². The normalized spacial score (nSPS) is 10.4. The van der Waals surface area contributed by atoms with E-state index in [9.17, 15) is 14.0 Å². The van der Waals surface area contributed by atoms with Crippen LogP contribution >= 0.6 is 0 Å². The number of carbonyl (C=O) groups is 2. The summed E-state index contributed by atoms with van der Waals surface area (Å²) < 4.78 is 28.7. The Kier molecular flexibility index (Phi) is 5.80. The molecule has 0 aliphatic heterocycles. The van der Waals surface area contributed by atoms with Crippen LogP contribution in [0.25, 0.3) is 0 Å². The minimum absolute atomic E-state index is 0.161. The lowest BCUT2D eigenvalue weighted by molar-refractivity contribution is 0.0462. The fraction of sp³-hybridized carbons (Fsp3) is 0.333. The van der Waals surface area contributed by atoms with E-state index in [4.69, 9.17) is 14.2 Å². The summed E-state index contributed by atoms with van der Waals surface area (Å²) in [6, 6.07) is 3.96. The Hall–Kier alpha value is -2.83. The quantitative estimate of drug-likeness (QED) is 0.810. The van der Waals surface area contributed by atoms with Crippen LogP contribution < -0.4 is 4.74 Å². The Morgan fingerprint density at radius 2 is 1.88 bits per heavy atom. The molecule has 1 aromatic heterocycles. The molecular formula is C18H20FNO5. The molecule has 0 aliphatic carbocycles. The maximum Gasteiger partial charge on any atom is 0.355 e. The zero-order chi connectivity index (χ0) is 18.6. The molecule has 0 saturated carbocycles. The molecule has 2 aromatic rings. The number of benzene rings is 1. The highest BCUT2D eigenvalue weighted by atomic mass is 19.1. The van der Waals surface area contributed by atoms with Gasteiger partial charge >= 0.3 is 11.9 Å². The summed E-state index contributed by atoms with van der Waals surface area (Å²) in [7, 11) is 1.45. The maximum absolute atomic E-state index is 13.4. The van der Waals surface area contributed by atoms with Gasteiger partial charge in [0, 0.05) is 11.3 Å². The first-order valence-electron chi connectivity index (χ1n) is 7.74. The second kappa shape index (κ2) is 7.83. The summed E-state index contributed by atoms with van der Waals surface area (Å²) in [4.78, 5) is 27.1. The number of H-pyrrole nitrogens is 1. The van der Waals surface area contributed by atoms with Crippen molar-refractivity contribution in [1.82, 2.24) is 4.98 Å². The van der Waals surface area contributed by atoms with Crippen LogP contribution in [0.1, 0.15) is 44.6 Å². The van der Waals surface area contributed by atoms with Gasteiger partial charge in [0.05, 0.1) is 19.3 Å². The van der Waals surface area contributed by atoms with Crippen molar-refractivity contribution in [3.63, 3.8) is 0 Å². The second-order valence-electron chi connectivity index (χ2n) is 5.38. The van der Waals surface area contributed by atoms with E-state index in [-0.39, 0.29) is 18.9 Å². The molecule has 0 aliphatic rings. The molecule has 0 atom stereocenters. The molecule has 0 fully saturated rings. The summed E-state index contributed by atoms with van der Waals surface area (Å²) >= 11 is 0. The number of carbonyl (C=O) groups excluding carboxylic acids is 2. The lowest BCUT2D eigenvalue weighted by Crippen LogP contribution is -2.10. The molecule has 1 aromatic carbocycles. The molecule has 1 heterocycles. The standard InChI is InChI=1S/C18H20FNO5/c1-5-24-17(21)15-10(2)16(20-11(15)3)18(22)25-9-12-8-13(19)6-7-14(12)23-4/h6-8,20H,5,9H2,1-4H3. The summed E-state index contributed by atoms with van der Waals surface area (Å²) in [5.74, 6) is -1.19. The van der Waals surface area contributed by atoms with Gasteiger partial charge in [-0.05, 0) is 44.5 Å². The molecular weight excluding hydrogens is 329 g/mol. The van der Waals surface area contributed by atoms with E-state index in [0.717, 1.165) is 0 Å². The van der Waals surface area contributed by atoms with Gasteiger partial charge in [-0.3, -0.25) is 0 Å². The minimum atomic E-state index is -0.650. The van der Waals surface area contributed by atoms with Gasteiger partial charge in [-0.25, -0.2) is 14.0 Å². The van der Waals surface area contributed by atoms with E-state index in [1.54, 1.807) is 20.8 Å². The van der Waals surface area contributed by atoms with Crippen molar-refractivity contribution in [3.05, 3.63) is 52.1 Å². The highest BCUT2D eigenvalue weighted by Gasteiger charge is 2.24. The SMILES string of the molecule is CCOC(=O)c1c(C)[nH]c(C(=O)OCc2cc(F)ccc2OC)c1C. The molecule has 134 valence electrons. The Morgan fingerprint density at radius 3 is 2.52 bits per heavy atom. The third-order valence-corrected chi connectivity index (χ3v) is 3.72. The van der Waals surface area contributed by atoms with Crippen LogP contribution in [0.3, 0.4) is 0 Å². The Labute approximate surface area is 144 Å². The van der Waals surface area contributed by atoms with Crippen LogP contribution in [0.5, 0.6) is 5.75 Å². The number of aromatic amines is 1. The van der Waals surface area contributed by atoms with Crippen LogP contribution in [0.2, 0.25) is 0 Å². The average molecular weight is 349 g/mol. The fourth-order valence-corrected chi connectivity index (χ4v) is 2.54. The lowest BCUT2D eigenvalue weighted by Gasteiger charge is -2.09. The summed E-state index contributed by atoms with van der Waals surface area (Å²) in [5, 5.41) is 0. The average Bonchev–Trinajstić information content (AvgIpc) is 2.87. The van der Waals surface area contributed by atoms with Crippen LogP contribution in [-0.2, 0) is 16.1 Å². The van der Waals surface area contributed by atoms with Crippen molar-refractivity contribution in [1.29, 1.82) is 0 Å². The molecule has 0 saturated heterocycles. The number of aromatic nitrogens is 1. The van der Waals surface area contributed by atoms with Gasteiger partial charge in [0.25, 0.3) is 0 Å². The smallest absolute Gasteiger partial charge is 0.355 e. The van der Waals surface area contributed by atoms with Gasteiger partial charge < -0.3 is 19.2 Å². The predicted molar refractivity (Wildman–Crippen MR) is 88.3 cm³/mol. The van der Waals surface area contributed by atoms with Gasteiger partial charge in [-0.1, -0.05) is 0 Å². The first kappa shape index (κ1) is 18.5. The number of rotatable bonds is 6. The molecule has 0 spiro atoms. The van der Waals surface area contributed by atoms with E-state index in [2.05, 4.69) is 4.98 Å². The van der Waals surface area contributed by atoms with Gasteiger partial charge in [-0.2, -0.15) is 0 Å². The van der Waals surface area contributed by atoms with Gasteiger partial charge in [0.1, 0.15) is 23.9 Å². The van der Waals surface area contributed by atoms with Crippen molar-refractivity contribution >= 4 is 11.9 Å². The van der Waals surface area contributed by atoms with Crippen molar-refractivity contribution < 1.29 is 28.2 Å². The topological polar surface area (TPSA) is 77.6 Å². The monoisotopic (exact) mass is 349 g/mol. The Balaban J connectivity index is 2.18. The largest absolute Gasteiger partial charge is 0.496 e. The van der Waals surface area contributed by atoms with Gasteiger partial charge in [-0.15, -0.1) is 0 Å². The van der Waals surface area contributed by atoms with E-state index in [1.165, 1.54) is 25.3 Å². The van der Waals surface area contributed by atoms with Gasteiger partial charge in [0.15, 0.2) is 0 Å². The molecule has 0 unspecified atom stereocenters. The van der Waals surface area contributed by atoms with E-state index >= 15 is 0 Å². The van der Waals surface area contributed by atoms with Gasteiger partial charge in [0.2, 0.25) is 0 Å². The third-order valence-electron chi connectivity index (χ3n) is 3.72. The van der Waals surface area contributed by atoms with Crippen LogP contribution in [0.15, 0.2) is 18.2 Å². The summed E-state index contributed by atoms with van der Waals surface area (Å²) in [5.41, 5.74) is 1.86. The number of hydrogen-bond donors (Lipinski definition) is 1. The molecule has 6 nitrogen and oxygen atoms in total. The van der Waals surface area contributed by atoms with Crippen LogP contribution in [0.4, 0.5) is 4.39 Å². The van der Waals surface area contributed by atoms with Crippen molar-refractivity contribution in [3.8, 4) is 5.75 Å². The first-order chi connectivity index (χ1) is 11.9. The number of hydrogen-bond acceptors (Lipinski definition) is 5. The van der Waals surface area contributed by atoms with Crippen LogP contribution in [-0.4, -0.2) is 30.6 Å². The number of methoxy groups -OCH3 is 1. The highest BCUT2D eigenvalue weighted by Crippen LogP contribution is 2.23. The first-order valence-corrected chi connectivity index (χ1v) is 7.74. The van der Waals surface area contributed by atoms with Crippen molar-refractivity contribution in [2.75, 3.05) is 13.7 Å². The Morgan fingerprint density at radius 1 is 1.16 bits per heavy atom. The molecule has 25 heavy (non-hydrogen) atoms. The number of halogens is 1. The third kappa shape index (κ3) is 3.99. The lowest BCUT2D eigenvalue weighted by atomic mass is 10.1. The fourth-order valence-electron chi connectivity index (χ4n) is 2.54. The molecule has 0 bridgehead atoms. The van der Waals surface area contributed by atoms with E-state index in [1.807, 2.05) is 0 Å². The minimum Gasteiger partial charge on any atom is -0.496 e. The zero-order valence-electron chi connectivity index (χ0n) is 14.6. The summed E-state index contributed by atoms with van der Waals surface area (Å²) in [6.45, 7) is 5.09. The number of aryl methyl sites for hydroxylation is 1. The predicted octanol–water partition coefficient (Wildman–Crippen LogP) is 3.31. The number of esters is 2. The summed E-state index contributed by atoms with van der Waals surface area (Å²) in [6.07, 6.45) is 0. The number of ether oxygens (including phenoxy) is 3. The van der Waals surface area contributed by atoms with Crippen molar-refractivity contribution in [2.45, 2.75) is 27.4 Å². The maximum atomic E-state index is 13.4. The zero-order valence-corrected chi connectivity index (χ0v) is 14.6. The van der Waals surface area contributed by atoms with E-state index < -0.39 is 17.8 Å². The highest BCUT2D eigenvalue weighted by molar-refractivity contribution is 5.98. The number of nitrogens with one attached hydrogen (secondary N) is 1. The molecule has 0 amide bonds. The molecule has 1 N–H and O–H groups in total.